The van der Waals surface area contributed by atoms with Crippen LogP contribution >= 0.6 is 11.3 Å². The lowest BCUT2D eigenvalue weighted by molar-refractivity contribution is 0.382. The van der Waals surface area contributed by atoms with E-state index in [1.165, 1.54) is 44.9 Å². The molecule has 108 valence electrons. The number of aryl methyl sites for hydroxylation is 2. The van der Waals surface area contributed by atoms with E-state index >= 15 is 0 Å². The second-order valence-corrected chi connectivity index (χ2v) is 7.14. The molecule has 0 aliphatic heterocycles. The molecule has 1 aromatic rings. The lowest BCUT2D eigenvalue weighted by Crippen LogP contribution is -2.26. The fraction of sp³-hybridized carbons (Fsp3) is 0.765. The molecule has 0 fully saturated rings. The van der Waals surface area contributed by atoms with Crippen molar-refractivity contribution in [3.63, 3.8) is 0 Å². The molecule has 0 saturated carbocycles. The first-order chi connectivity index (χ1) is 9.26. The Morgan fingerprint density at radius 2 is 2.00 bits per heavy atom. The topological polar surface area (TPSA) is 12.0 Å². The maximum Gasteiger partial charge on any atom is 0.0440 e. The van der Waals surface area contributed by atoms with Gasteiger partial charge in [0.05, 0.1) is 0 Å². The van der Waals surface area contributed by atoms with E-state index in [-0.39, 0.29) is 0 Å². The van der Waals surface area contributed by atoms with E-state index in [1.807, 2.05) is 0 Å². The van der Waals surface area contributed by atoms with E-state index in [2.05, 4.69) is 43.5 Å². The van der Waals surface area contributed by atoms with Crippen molar-refractivity contribution < 1.29 is 0 Å². The van der Waals surface area contributed by atoms with Crippen molar-refractivity contribution in [3.05, 3.63) is 21.4 Å². The maximum absolute atomic E-state index is 3.77. The molecule has 1 aromatic heterocycles. The lowest BCUT2D eigenvalue weighted by atomic mass is 9.97. The van der Waals surface area contributed by atoms with Gasteiger partial charge in [0.25, 0.3) is 0 Å². The van der Waals surface area contributed by atoms with E-state index in [1.54, 1.807) is 15.3 Å². The Kier molecular flexibility index (Phi) is 5.90. The van der Waals surface area contributed by atoms with Crippen molar-refractivity contribution in [1.29, 1.82) is 0 Å². The first-order valence-electron chi connectivity index (χ1n) is 8.11. The zero-order valence-electron chi connectivity index (χ0n) is 12.8. The Bertz CT molecular complexity index is 359. The van der Waals surface area contributed by atoms with Crippen LogP contribution in [0.2, 0.25) is 0 Å². The number of hydrogen-bond donors (Lipinski definition) is 1. The zero-order chi connectivity index (χ0) is 13.7. The van der Waals surface area contributed by atoms with Gasteiger partial charge in [-0.1, -0.05) is 33.6 Å². The van der Waals surface area contributed by atoms with Crippen LogP contribution in [0.4, 0.5) is 0 Å². The molecule has 2 rings (SSSR count). The monoisotopic (exact) mass is 279 g/mol. The molecule has 0 bridgehead atoms. The van der Waals surface area contributed by atoms with Gasteiger partial charge in [-0.2, -0.15) is 0 Å². The summed E-state index contributed by atoms with van der Waals surface area (Å²) in [6, 6.07) is 3.09. The summed E-state index contributed by atoms with van der Waals surface area (Å²) in [7, 11) is 0. The van der Waals surface area contributed by atoms with Gasteiger partial charge in [0.15, 0.2) is 0 Å². The molecule has 2 unspecified atom stereocenters. The molecule has 0 spiro atoms. The minimum atomic E-state index is 0.571. The van der Waals surface area contributed by atoms with Gasteiger partial charge in [-0.25, -0.2) is 0 Å². The van der Waals surface area contributed by atoms with E-state index in [4.69, 9.17) is 0 Å². The van der Waals surface area contributed by atoms with Crippen LogP contribution < -0.4 is 5.32 Å². The number of rotatable bonds is 6. The Morgan fingerprint density at radius 1 is 1.21 bits per heavy atom. The van der Waals surface area contributed by atoms with Crippen LogP contribution in [0.15, 0.2) is 6.07 Å². The largest absolute Gasteiger partial charge is 0.309 e. The van der Waals surface area contributed by atoms with Crippen molar-refractivity contribution in [2.24, 2.45) is 5.92 Å². The first kappa shape index (κ1) is 15.1. The SMILES string of the molecule is CCCNC(c1cc2c(s1)CCCCC2)C(C)CC. The van der Waals surface area contributed by atoms with E-state index < -0.39 is 0 Å². The summed E-state index contributed by atoms with van der Waals surface area (Å²) in [5.74, 6) is 0.730. The number of nitrogens with one attached hydrogen (secondary N) is 1. The average Bonchev–Trinajstić information content (AvgIpc) is 2.69. The van der Waals surface area contributed by atoms with Crippen LogP contribution in [0.3, 0.4) is 0 Å². The summed E-state index contributed by atoms with van der Waals surface area (Å²) in [5, 5.41) is 3.77. The molecule has 0 aromatic carbocycles. The van der Waals surface area contributed by atoms with Crippen molar-refractivity contribution in [2.45, 2.75) is 71.8 Å². The summed E-state index contributed by atoms with van der Waals surface area (Å²) in [4.78, 5) is 3.27. The molecule has 1 aliphatic rings. The molecule has 0 amide bonds. The van der Waals surface area contributed by atoms with Crippen molar-refractivity contribution in [1.82, 2.24) is 5.32 Å². The Balaban J connectivity index is 2.16. The Morgan fingerprint density at radius 3 is 2.74 bits per heavy atom. The smallest absolute Gasteiger partial charge is 0.0440 e. The third-order valence-corrected chi connectivity index (χ3v) is 5.72. The van der Waals surface area contributed by atoms with Gasteiger partial charge in [0.1, 0.15) is 0 Å². The fourth-order valence-corrected chi connectivity index (χ4v) is 4.43. The predicted molar refractivity (Wildman–Crippen MR) is 86.1 cm³/mol. The van der Waals surface area contributed by atoms with Gasteiger partial charge < -0.3 is 5.32 Å². The third-order valence-electron chi connectivity index (χ3n) is 4.40. The first-order valence-corrected chi connectivity index (χ1v) is 8.92. The van der Waals surface area contributed by atoms with E-state index in [9.17, 15) is 0 Å². The lowest BCUT2D eigenvalue weighted by Gasteiger charge is -2.23. The number of thiophene rings is 1. The highest BCUT2D eigenvalue weighted by Gasteiger charge is 2.21. The summed E-state index contributed by atoms with van der Waals surface area (Å²) in [6.45, 7) is 8.09. The quantitative estimate of drug-likeness (QED) is 0.714. The van der Waals surface area contributed by atoms with E-state index in [0.717, 1.165) is 12.5 Å². The van der Waals surface area contributed by atoms with Gasteiger partial charge in [0, 0.05) is 15.8 Å². The molecule has 1 heterocycles. The van der Waals surface area contributed by atoms with Crippen molar-refractivity contribution >= 4 is 11.3 Å². The maximum atomic E-state index is 3.77. The van der Waals surface area contributed by atoms with E-state index in [0.29, 0.717) is 6.04 Å². The second kappa shape index (κ2) is 7.44. The van der Waals surface area contributed by atoms with Crippen LogP contribution in [0.25, 0.3) is 0 Å². The molecule has 0 saturated heterocycles. The normalized spacial score (nSPS) is 18.7. The molecule has 1 aliphatic carbocycles. The summed E-state index contributed by atoms with van der Waals surface area (Å²) in [6.07, 6.45) is 9.30. The van der Waals surface area contributed by atoms with Gasteiger partial charge in [-0.05, 0) is 56.2 Å². The molecule has 19 heavy (non-hydrogen) atoms. The summed E-state index contributed by atoms with van der Waals surface area (Å²) < 4.78 is 0. The third kappa shape index (κ3) is 3.82. The highest BCUT2D eigenvalue weighted by atomic mass is 32.1. The standard InChI is InChI=1S/C17H29NS/c1-4-11-18-17(13(3)5-2)16-12-14-9-7-6-8-10-15(14)19-16/h12-13,17-18H,4-11H2,1-3H3. The highest BCUT2D eigenvalue weighted by Crippen LogP contribution is 2.35. The minimum absolute atomic E-state index is 0.571. The highest BCUT2D eigenvalue weighted by molar-refractivity contribution is 7.12. The van der Waals surface area contributed by atoms with Gasteiger partial charge >= 0.3 is 0 Å². The number of fused-ring (bicyclic) bond motifs is 1. The molecular formula is C17H29NS. The predicted octanol–water partition coefficient (Wildman–Crippen LogP) is 5.10. The molecular weight excluding hydrogens is 250 g/mol. The zero-order valence-corrected chi connectivity index (χ0v) is 13.6. The second-order valence-electron chi connectivity index (χ2n) is 5.98. The Labute approximate surface area is 122 Å². The molecule has 1 N–H and O–H groups in total. The molecule has 0 radical (unpaired) electrons. The van der Waals surface area contributed by atoms with Crippen LogP contribution in [-0.4, -0.2) is 6.54 Å². The summed E-state index contributed by atoms with van der Waals surface area (Å²) >= 11 is 2.09. The minimum Gasteiger partial charge on any atom is -0.309 e. The molecule has 1 nitrogen and oxygen atoms in total. The van der Waals surface area contributed by atoms with Gasteiger partial charge in [0.2, 0.25) is 0 Å². The van der Waals surface area contributed by atoms with Crippen LogP contribution in [0.1, 0.15) is 74.2 Å². The number of hydrogen-bond acceptors (Lipinski definition) is 2. The van der Waals surface area contributed by atoms with Gasteiger partial charge in [-0.15, -0.1) is 11.3 Å². The summed E-state index contributed by atoms with van der Waals surface area (Å²) in [5.41, 5.74) is 1.66. The van der Waals surface area contributed by atoms with Gasteiger partial charge in [-0.3, -0.25) is 0 Å². The molecule has 2 atom stereocenters. The van der Waals surface area contributed by atoms with Crippen LogP contribution in [0, 0.1) is 5.92 Å². The van der Waals surface area contributed by atoms with Crippen molar-refractivity contribution in [2.75, 3.05) is 6.54 Å². The fourth-order valence-electron chi connectivity index (χ4n) is 2.96. The van der Waals surface area contributed by atoms with Crippen LogP contribution in [-0.2, 0) is 12.8 Å². The average molecular weight is 279 g/mol. The van der Waals surface area contributed by atoms with Crippen molar-refractivity contribution in [3.8, 4) is 0 Å². The Hall–Kier alpha value is -0.340. The molecule has 2 heteroatoms. The van der Waals surface area contributed by atoms with Crippen LogP contribution in [0.5, 0.6) is 0 Å².